The van der Waals surface area contributed by atoms with Crippen LogP contribution in [0.2, 0.25) is 0 Å². The molecule has 16 heteroatoms. The number of hydrogen-bond acceptors (Lipinski definition) is 15. The summed E-state index contributed by atoms with van der Waals surface area (Å²) in [5.74, 6) is -3.81. The predicted octanol–water partition coefficient (Wildman–Crippen LogP) is 5.91. The highest BCUT2D eigenvalue weighted by atomic mass is 32.2. The summed E-state index contributed by atoms with van der Waals surface area (Å²) in [6.07, 6.45) is 0. The molecule has 1 amide bonds. The maximum Gasteiger partial charge on any atom is 0.345 e. The molecule has 3 aliphatic rings. The number of carbonyl (C=O) groups is 5. The summed E-state index contributed by atoms with van der Waals surface area (Å²) in [7, 11) is 4.69. The molecular weight excluding hydrogens is 737 g/mol. The molecule has 0 unspecified atom stereocenters. The molecule has 266 valence electrons. The molecule has 0 fully saturated rings. The molecule has 3 aliphatic heterocycles. The van der Waals surface area contributed by atoms with Crippen LogP contribution >= 0.6 is 46.6 Å². The van der Waals surface area contributed by atoms with E-state index in [4.69, 9.17) is 23.7 Å². The molecule has 0 aliphatic carbocycles. The number of amides is 1. The van der Waals surface area contributed by atoms with Gasteiger partial charge in [-0.15, -0.1) is 0 Å². The van der Waals surface area contributed by atoms with Crippen LogP contribution in [0.3, 0.4) is 0 Å². The van der Waals surface area contributed by atoms with Gasteiger partial charge in [-0.3, -0.25) is 9.69 Å². The summed E-state index contributed by atoms with van der Waals surface area (Å²) in [5, 5.41) is 0.333. The first-order chi connectivity index (χ1) is 24.2. The lowest BCUT2D eigenvalue weighted by molar-refractivity contribution is -0.138. The van der Waals surface area contributed by atoms with Gasteiger partial charge >= 0.3 is 23.9 Å². The molecule has 2 aromatic carbocycles. The minimum atomic E-state index is -1.68. The minimum absolute atomic E-state index is 0.121. The number of anilines is 1. The highest BCUT2D eigenvalue weighted by Gasteiger charge is 2.62. The van der Waals surface area contributed by atoms with E-state index in [1.807, 2.05) is 64.1 Å². The first kappa shape index (κ1) is 36.5. The van der Waals surface area contributed by atoms with Crippen molar-refractivity contribution in [3.8, 4) is 5.19 Å². The van der Waals surface area contributed by atoms with Crippen molar-refractivity contribution < 1.29 is 47.7 Å². The number of fused-ring (bicyclic) bond motifs is 4. The number of benzene rings is 2. The highest BCUT2D eigenvalue weighted by molar-refractivity contribution is 8.26. The molecule has 0 saturated carbocycles. The van der Waals surface area contributed by atoms with E-state index in [-0.39, 0.29) is 26.9 Å². The van der Waals surface area contributed by atoms with E-state index in [0.29, 0.717) is 26.9 Å². The van der Waals surface area contributed by atoms with Gasteiger partial charge in [0.15, 0.2) is 6.61 Å². The zero-order valence-electron chi connectivity index (χ0n) is 28.8. The third-order valence-corrected chi connectivity index (χ3v) is 14.2. The van der Waals surface area contributed by atoms with Gasteiger partial charge in [-0.05, 0) is 63.1 Å². The summed E-state index contributed by atoms with van der Waals surface area (Å²) in [6, 6.07) is 11.3. The smallest absolute Gasteiger partial charge is 0.345 e. The Bertz CT molecular complexity index is 2090. The monoisotopic (exact) mass is 768 g/mol. The summed E-state index contributed by atoms with van der Waals surface area (Å²) < 4.78 is 25.8. The number of ether oxygens (including phenoxy) is 5. The van der Waals surface area contributed by atoms with Crippen molar-refractivity contribution in [2.75, 3.05) is 39.9 Å². The van der Waals surface area contributed by atoms with Crippen LogP contribution in [-0.2, 0) is 42.9 Å². The maximum absolute atomic E-state index is 14.4. The fourth-order valence-corrected chi connectivity index (χ4v) is 12.0. The molecule has 6 rings (SSSR count). The van der Waals surface area contributed by atoms with E-state index in [0.717, 1.165) is 56.6 Å². The van der Waals surface area contributed by atoms with E-state index in [9.17, 15) is 24.0 Å². The third-order valence-electron chi connectivity index (χ3n) is 8.60. The van der Waals surface area contributed by atoms with E-state index in [2.05, 4.69) is 4.98 Å². The first-order valence-corrected chi connectivity index (χ1v) is 18.6. The Labute approximate surface area is 309 Å². The minimum Gasteiger partial charge on any atom is -0.466 e. The molecule has 12 nitrogen and oxygen atoms in total. The highest BCUT2D eigenvalue weighted by Crippen LogP contribution is 2.71. The summed E-state index contributed by atoms with van der Waals surface area (Å²) >= 11 is 4.05. The second kappa shape index (κ2) is 13.7. The first-order valence-electron chi connectivity index (χ1n) is 15.3. The Balaban J connectivity index is 1.58. The fraction of sp³-hybridized carbons (Fsp3) is 0.314. The number of para-hydroxylation sites is 1. The van der Waals surface area contributed by atoms with Crippen LogP contribution in [0.1, 0.15) is 30.5 Å². The van der Waals surface area contributed by atoms with Gasteiger partial charge in [0, 0.05) is 16.0 Å². The van der Waals surface area contributed by atoms with Gasteiger partial charge in [0.25, 0.3) is 11.1 Å². The number of esters is 4. The molecule has 0 N–H and O–H groups in total. The van der Waals surface area contributed by atoms with Crippen LogP contribution in [0.15, 0.2) is 61.6 Å². The number of thiazole rings is 1. The number of aryl methyl sites for hydroxylation is 2. The van der Waals surface area contributed by atoms with Crippen molar-refractivity contribution in [3.63, 3.8) is 0 Å². The van der Waals surface area contributed by atoms with Crippen molar-refractivity contribution in [2.45, 2.75) is 37.3 Å². The average molecular weight is 769 g/mol. The van der Waals surface area contributed by atoms with Gasteiger partial charge in [-0.25, -0.2) is 24.2 Å². The van der Waals surface area contributed by atoms with Crippen molar-refractivity contribution in [3.05, 3.63) is 78.3 Å². The van der Waals surface area contributed by atoms with Gasteiger partial charge in [-0.2, -0.15) is 0 Å². The molecule has 3 aromatic rings. The molecule has 0 radical (unpaired) electrons. The third kappa shape index (κ3) is 5.91. The van der Waals surface area contributed by atoms with E-state index in [1.54, 1.807) is 4.90 Å². The van der Waals surface area contributed by atoms with Crippen LogP contribution in [0, 0.1) is 13.8 Å². The maximum atomic E-state index is 14.4. The van der Waals surface area contributed by atoms with Gasteiger partial charge in [0.05, 0.1) is 55.5 Å². The van der Waals surface area contributed by atoms with Crippen LogP contribution in [0.4, 0.5) is 5.69 Å². The van der Waals surface area contributed by atoms with Gasteiger partial charge in [0.2, 0.25) is 0 Å². The summed E-state index contributed by atoms with van der Waals surface area (Å²) in [5.41, 5.74) is 2.68. The van der Waals surface area contributed by atoms with Crippen molar-refractivity contribution in [1.82, 2.24) is 4.98 Å². The van der Waals surface area contributed by atoms with E-state index in [1.165, 1.54) is 39.8 Å². The van der Waals surface area contributed by atoms with Gasteiger partial charge in [0.1, 0.15) is 18.8 Å². The largest absolute Gasteiger partial charge is 0.466 e. The lowest BCUT2D eigenvalue weighted by Crippen LogP contribution is -2.55. The van der Waals surface area contributed by atoms with Crippen LogP contribution in [0.5, 0.6) is 5.19 Å². The summed E-state index contributed by atoms with van der Waals surface area (Å²) in [4.78, 5) is 74.7. The number of carbonyl (C=O) groups excluding carboxylic acids is 5. The molecule has 0 bridgehead atoms. The molecule has 4 heterocycles. The lowest BCUT2D eigenvalue weighted by Gasteiger charge is -2.50. The fourth-order valence-electron chi connectivity index (χ4n) is 6.12. The Morgan fingerprint density at radius 3 is 1.94 bits per heavy atom. The van der Waals surface area contributed by atoms with Crippen molar-refractivity contribution in [2.24, 2.45) is 0 Å². The molecule has 1 spiro atoms. The predicted molar refractivity (Wildman–Crippen MR) is 197 cm³/mol. The Hall–Kier alpha value is -4.25. The van der Waals surface area contributed by atoms with E-state index >= 15 is 0 Å². The zero-order valence-corrected chi connectivity index (χ0v) is 32.0. The number of aromatic nitrogens is 1. The Morgan fingerprint density at radius 1 is 0.784 bits per heavy atom. The van der Waals surface area contributed by atoms with Crippen LogP contribution in [-0.4, -0.2) is 79.4 Å². The van der Waals surface area contributed by atoms with Crippen molar-refractivity contribution >= 4 is 97.9 Å². The lowest BCUT2D eigenvalue weighted by atomic mass is 9.82. The topological polar surface area (TPSA) is 148 Å². The normalized spacial score (nSPS) is 17.3. The molecule has 51 heavy (non-hydrogen) atoms. The Morgan fingerprint density at radius 2 is 1.35 bits per heavy atom. The van der Waals surface area contributed by atoms with E-state index < -0.39 is 39.4 Å². The second-order valence-corrected chi connectivity index (χ2v) is 16.7. The van der Waals surface area contributed by atoms with Gasteiger partial charge in [-0.1, -0.05) is 58.8 Å². The summed E-state index contributed by atoms with van der Waals surface area (Å²) in [6.45, 7) is 7.10. The number of methoxy groups -OCH3 is 4. The average Bonchev–Trinajstić information content (AvgIpc) is 3.72. The van der Waals surface area contributed by atoms with Crippen LogP contribution < -0.4 is 9.64 Å². The second-order valence-electron chi connectivity index (χ2n) is 11.9. The number of thioether (sulfide) groups is 3. The molecule has 0 atom stereocenters. The van der Waals surface area contributed by atoms with Gasteiger partial charge < -0.3 is 23.7 Å². The van der Waals surface area contributed by atoms with Crippen LogP contribution in [0.25, 0.3) is 15.8 Å². The molecular formula is C35H32N2O10S4. The zero-order chi connectivity index (χ0) is 37.0. The molecule has 0 saturated heterocycles. The number of nitrogens with zero attached hydrogens (tertiary/aromatic N) is 2. The van der Waals surface area contributed by atoms with Crippen molar-refractivity contribution in [1.29, 1.82) is 0 Å². The number of hydrogen-bond donors (Lipinski definition) is 0. The Kier molecular flexibility index (Phi) is 9.82. The quantitative estimate of drug-likeness (QED) is 0.207. The number of rotatable bonds is 7. The SMILES string of the molecule is COC(=O)C1=C(C(=O)OC)SC2(S1)C(C(=O)OC)=C(C(=O)OC)SC1=C2c2cc(C)c(C)cc2N(C(=O)COc2nc3ccccc3s2)C1(C)C. The standard InChI is InChI=1S/C35H32N2O10S4/c1-16-13-18-20(14-17(16)2)37(22(38)15-47-33-36-19-11-9-10-12-21(19)48-33)34(3,4)28-23(18)35(24(29(39)43-5)25(49-28)30(40)44-6)50-26(31(41)45-7)27(51-35)32(42)46-8/h9-14H,15H2,1-8H3. The molecule has 1 aromatic heterocycles.